The van der Waals surface area contributed by atoms with Gasteiger partial charge in [0.1, 0.15) is 5.82 Å². The summed E-state index contributed by atoms with van der Waals surface area (Å²) in [5.74, 6) is -0.292. The molecule has 2 aromatic heterocycles. The second-order valence-electron chi connectivity index (χ2n) is 7.49. The zero-order chi connectivity index (χ0) is 19.0. The summed E-state index contributed by atoms with van der Waals surface area (Å²) < 4.78 is 15.9. The Balaban J connectivity index is 1.60. The number of likely N-dealkylation sites (tertiary alicyclic amines) is 1. The Labute approximate surface area is 159 Å². The molecular formula is C22H25FN4. The number of benzene rings is 1. The standard InChI is InChI=1S/C22H25FN4/c1-15-12-17(16(2)27(15)20-8-10-26(3)11-9-20)4-6-19-14-24-21-7-5-18(23)13-22(21)25-19/h4-7,12-14,20H,8-11H2,1-3H3. The Morgan fingerprint density at radius 2 is 1.85 bits per heavy atom. The van der Waals surface area contributed by atoms with Crippen molar-refractivity contribution in [1.29, 1.82) is 0 Å². The van der Waals surface area contributed by atoms with Gasteiger partial charge in [-0.15, -0.1) is 0 Å². The van der Waals surface area contributed by atoms with Gasteiger partial charge in [0.15, 0.2) is 0 Å². The van der Waals surface area contributed by atoms with Crippen LogP contribution in [0.3, 0.4) is 0 Å². The highest BCUT2D eigenvalue weighted by atomic mass is 19.1. The smallest absolute Gasteiger partial charge is 0.125 e. The number of rotatable bonds is 3. The highest BCUT2D eigenvalue weighted by molar-refractivity contribution is 5.77. The number of fused-ring (bicyclic) bond motifs is 1. The van der Waals surface area contributed by atoms with Crippen molar-refractivity contribution >= 4 is 23.2 Å². The average Bonchev–Trinajstić information content (AvgIpc) is 2.94. The number of piperidine rings is 1. The fourth-order valence-electron chi connectivity index (χ4n) is 4.04. The van der Waals surface area contributed by atoms with E-state index in [1.807, 2.05) is 6.08 Å². The quantitative estimate of drug-likeness (QED) is 0.680. The molecule has 0 unspecified atom stereocenters. The van der Waals surface area contributed by atoms with Crippen molar-refractivity contribution in [1.82, 2.24) is 19.4 Å². The van der Waals surface area contributed by atoms with Crippen molar-refractivity contribution in [3.05, 3.63) is 58.9 Å². The Hall–Kier alpha value is -2.53. The van der Waals surface area contributed by atoms with E-state index in [0.717, 1.165) is 18.8 Å². The molecule has 4 rings (SSSR count). The van der Waals surface area contributed by atoms with Crippen LogP contribution in [0.4, 0.5) is 4.39 Å². The molecule has 1 aliphatic heterocycles. The van der Waals surface area contributed by atoms with Crippen molar-refractivity contribution in [3.63, 3.8) is 0 Å². The molecule has 3 heterocycles. The summed E-state index contributed by atoms with van der Waals surface area (Å²) in [6, 6.07) is 7.29. The maximum absolute atomic E-state index is 13.4. The molecule has 0 bridgehead atoms. The van der Waals surface area contributed by atoms with E-state index in [4.69, 9.17) is 0 Å². The molecule has 1 saturated heterocycles. The van der Waals surface area contributed by atoms with Crippen LogP contribution in [0.15, 0.2) is 30.5 Å². The molecule has 27 heavy (non-hydrogen) atoms. The van der Waals surface area contributed by atoms with E-state index in [1.165, 1.54) is 41.9 Å². The van der Waals surface area contributed by atoms with Crippen LogP contribution in [0.25, 0.3) is 23.2 Å². The van der Waals surface area contributed by atoms with Gasteiger partial charge in [0.2, 0.25) is 0 Å². The third-order valence-corrected chi connectivity index (χ3v) is 5.53. The molecule has 1 aliphatic rings. The first kappa shape index (κ1) is 17.9. The van der Waals surface area contributed by atoms with Crippen molar-refractivity contribution in [3.8, 4) is 0 Å². The van der Waals surface area contributed by atoms with Crippen LogP contribution in [-0.4, -0.2) is 39.6 Å². The first-order valence-corrected chi connectivity index (χ1v) is 9.48. The molecule has 3 aromatic rings. The summed E-state index contributed by atoms with van der Waals surface area (Å²) in [6.45, 7) is 6.67. The van der Waals surface area contributed by atoms with Gasteiger partial charge in [0, 0.05) is 23.5 Å². The van der Waals surface area contributed by atoms with Gasteiger partial charge in [0.05, 0.1) is 22.9 Å². The summed E-state index contributed by atoms with van der Waals surface area (Å²) in [4.78, 5) is 11.3. The molecule has 140 valence electrons. The van der Waals surface area contributed by atoms with Gasteiger partial charge in [-0.3, -0.25) is 4.98 Å². The number of nitrogens with zero attached hydrogens (tertiary/aromatic N) is 4. The van der Waals surface area contributed by atoms with E-state index in [-0.39, 0.29) is 5.82 Å². The Kier molecular flexibility index (Phi) is 4.79. The lowest BCUT2D eigenvalue weighted by molar-refractivity contribution is 0.218. The fraction of sp³-hybridized carbons (Fsp3) is 0.364. The normalized spacial score (nSPS) is 16.6. The van der Waals surface area contributed by atoms with Crippen LogP contribution in [0.2, 0.25) is 0 Å². The topological polar surface area (TPSA) is 34.0 Å². The molecule has 5 heteroatoms. The summed E-state index contributed by atoms with van der Waals surface area (Å²) in [6.07, 6.45) is 8.16. The summed E-state index contributed by atoms with van der Waals surface area (Å²) in [5.41, 5.74) is 5.80. The zero-order valence-electron chi connectivity index (χ0n) is 16.1. The van der Waals surface area contributed by atoms with Gasteiger partial charge >= 0.3 is 0 Å². The van der Waals surface area contributed by atoms with E-state index in [9.17, 15) is 4.39 Å². The van der Waals surface area contributed by atoms with Gasteiger partial charge in [-0.2, -0.15) is 0 Å². The predicted octanol–water partition coefficient (Wildman–Crippen LogP) is 4.62. The molecule has 1 aromatic carbocycles. The lowest BCUT2D eigenvalue weighted by Crippen LogP contribution is -2.32. The third kappa shape index (κ3) is 3.65. The van der Waals surface area contributed by atoms with Crippen molar-refractivity contribution < 1.29 is 4.39 Å². The Bertz CT molecular complexity index is 997. The number of halogens is 1. The van der Waals surface area contributed by atoms with Crippen molar-refractivity contribution in [2.75, 3.05) is 20.1 Å². The number of hydrogen-bond acceptors (Lipinski definition) is 3. The minimum Gasteiger partial charge on any atom is -0.345 e. The lowest BCUT2D eigenvalue weighted by atomic mass is 10.0. The van der Waals surface area contributed by atoms with Crippen molar-refractivity contribution in [2.45, 2.75) is 32.7 Å². The minimum absolute atomic E-state index is 0.292. The van der Waals surface area contributed by atoms with Crippen LogP contribution < -0.4 is 0 Å². The van der Waals surface area contributed by atoms with Crippen LogP contribution in [0, 0.1) is 19.7 Å². The van der Waals surface area contributed by atoms with Gasteiger partial charge in [-0.05, 0) is 76.7 Å². The van der Waals surface area contributed by atoms with Crippen LogP contribution in [-0.2, 0) is 0 Å². The largest absolute Gasteiger partial charge is 0.345 e. The van der Waals surface area contributed by atoms with E-state index < -0.39 is 0 Å². The Morgan fingerprint density at radius 3 is 2.63 bits per heavy atom. The first-order chi connectivity index (χ1) is 13.0. The Morgan fingerprint density at radius 1 is 1.07 bits per heavy atom. The maximum Gasteiger partial charge on any atom is 0.125 e. The summed E-state index contributed by atoms with van der Waals surface area (Å²) >= 11 is 0. The van der Waals surface area contributed by atoms with E-state index in [1.54, 1.807) is 12.3 Å². The first-order valence-electron chi connectivity index (χ1n) is 9.48. The molecule has 0 spiro atoms. The van der Waals surface area contributed by atoms with E-state index >= 15 is 0 Å². The molecule has 0 amide bonds. The summed E-state index contributed by atoms with van der Waals surface area (Å²) in [7, 11) is 2.19. The van der Waals surface area contributed by atoms with E-state index in [0.29, 0.717) is 17.1 Å². The molecule has 0 saturated carbocycles. The van der Waals surface area contributed by atoms with E-state index in [2.05, 4.69) is 52.5 Å². The van der Waals surface area contributed by atoms with Crippen LogP contribution >= 0.6 is 0 Å². The molecule has 1 fully saturated rings. The lowest BCUT2D eigenvalue weighted by Gasteiger charge is -2.31. The molecule has 0 aliphatic carbocycles. The SMILES string of the molecule is Cc1cc(C=Cc2cnc3ccc(F)cc3n2)c(C)n1C1CCN(C)CC1. The van der Waals surface area contributed by atoms with Gasteiger partial charge in [-0.25, -0.2) is 9.37 Å². The number of aromatic nitrogens is 3. The maximum atomic E-state index is 13.4. The number of hydrogen-bond donors (Lipinski definition) is 0. The second kappa shape index (κ2) is 7.24. The second-order valence-corrected chi connectivity index (χ2v) is 7.49. The minimum atomic E-state index is -0.292. The van der Waals surface area contributed by atoms with Crippen LogP contribution in [0.5, 0.6) is 0 Å². The third-order valence-electron chi connectivity index (χ3n) is 5.53. The average molecular weight is 364 g/mol. The number of aryl methyl sites for hydroxylation is 1. The van der Waals surface area contributed by atoms with Crippen molar-refractivity contribution in [2.24, 2.45) is 0 Å². The predicted molar refractivity (Wildman–Crippen MR) is 108 cm³/mol. The zero-order valence-corrected chi connectivity index (χ0v) is 16.1. The molecule has 0 radical (unpaired) electrons. The fourth-order valence-corrected chi connectivity index (χ4v) is 4.04. The highest BCUT2D eigenvalue weighted by Crippen LogP contribution is 2.28. The molecular weight excluding hydrogens is 339 g/mol. The van der Waals surface area contributed by atoms with Crippen LogP contribution in [0.1, 0.15) is 41.5 Å². The van der Waals surface area contributed by atoms with Gasteiger partial charge in [-0.1, -0.05) is 6.08 Å². The monoisotopic (exact) mass is 364 g/mol. The molecule has 4 nitrogen and oxygen atoms in total. The molecule has 0 N–H and O–H groups in total. The molecule has 0 atom stereocenters. The highest BCUT2D eigenvalue weighted by Gasteiger charge is 2.21. The summed E-state index contributed by atoms with van der Waals surface area (Å²) in [5, 5.41) is 0. The van der Waals surface area contributed by atoms with Gasteiger partial charge < -0.3 is 9.47 Å². The van der Waals surface area contributed by atoms with Gasteiger partial charge in [0.25, 0.3) is 0 Å².